The number of rotatable bonds is 7. The van der Waals surface area contributed by atoms with Crippen LogP contribution in [0.1, 0.15) is 44.5 Å². The maximum Gasteiger partial charge on any atom is 0.243 e. The molecule has 0 N–H and O–H groups in total. The lowest BCUT2D eigenvalue weighted by molar-refractivity contribution is -0.143. The van der Waals surface area contributed by atoms with Crippen LogP contribution < -0.4 is 4.74 Å². The van der Waals surface area contributed by atoms with E-state index in [9.17, 15) is 9.59 Å². The fraction of sp³-hybridized carbons (Fsp3) is 0.333. The van der Waals surface area contributed by atoms with Gasteiger partial charge in [-0.2, -0.15) is 0 Å². The van der Waals surface area contributed by atoms with Crippen LogP contribution in [0.3, 0.4) is 0 Å². The van der Waals surface area contributed by atoms with Gasteiger partial charge in [0.05, 0.1) is 6.04 Å². The van der Waals surface area contributed by atoms with E-state index < -0.39 is 0 Å². The quantitative estimate of drug-likeness (QED) is 0.522. The number of amides is 2. The van der Waals surface area contributed by atoms with Gasteiger partial charge in [0.2, 0.25) is 11.8 Å². The molecule has 1 atom stereocenters. The molecular weight excluding hydrogens is 414 g/mol. The highest BCUT2D eigenvalue weighted by atomic mass is 16.5. The molecule has 2 heterocycles. The Morgan fingerprint density at radius 2 is 1.76 bits per heavy atom. The van der Waals surface area contributed by atoms with E-state index in [0.717, 1.165) is 29.3 Å². The third-order valence-corrected chi connectivity index (χ3v) is 6.06. The van der Waals surface area contributed by atoms with Crippen LogP contribution in [0.4, 0.5) is 0 Å². The highest BCUT2D eigenvalue weighted by molar-refractivity contribution is 5.85. The van der Waals surface area contributed by atoms with Gasteiger partial charge in [-0.1, -0.05) is 37.3 Å². The molecule has 0 saturated heterocycles. The van der Waals surface area contributed by atoms with Crippen LogP contribution in [0.25, 0.3) is 0 Å². The number of para-hydroxylation sites is 1. The monoisotopic (exact) mass is 445 g/mol. The smallest absolute Gasteiger partial charge is 0.243 e. The Morgan fingerprint density at radius 3 is 2.48 bits per heavy atom. The van der Waals surface area contributed by atoms with Crippen molar-refractivity contribution in [1.82, 2.24) is 14.4 Å². The van der Waals surface area contributed by atoms with Gasteiger partial charge >= 0.3 is 0 Å². The lowest BCUT2D eigenvalue weighted by Gasteiger charge is -2.39. The lowest BCUT2D eigenvalue weighted by Crippen LogP contribution is -2.49. The summed E-state index contributed by atoms with van der Waals surface area (Å²) in [6, 6.07) is 21.4. The predicted octanol–water partition coefficient (Wildman–Crippen LogP) is 4.86. The fourth-order valence-electron chi connectivity index (χ4n) is 4.37. The van der Waals surface area contributed by atoms with Crippen molar-refractivity contribution < 1.29 is 14.3 Å². The number of hydrogen-bond donors (Lipinski definition) is 0. The number of ether oxygens (including phenoxy) is 1. The Kier molecular flexibility index (Phi) is 6.82. The van der Waals surface area contributed by atoms with Crippen LogP contribution in [0.5, 0.6) is 11.5 Å². The minimum absolute atomic E-state index is 0.00598. The first-order valence-corrected chi connectivity index (χ1v) is 11.5. The first-order valence-electron chi connectivity index (χ1n) is 11.5. The van der Waals surface area contributed by atoms with Gasteiger partial charge in [-0.15, -0.1) is 0 Å². The molecule has 1 aliphatic heterocycles. The number of nitrogens with zero attached hydrogens (tertiary/aromatic N) is 3. The second-order valence-corrected chi connectivity index (χ2v) is 8.57. The molecule has 1 unspecified atom stereocenters. The Labute approximate surface area is 195 Å². The number of fused-ring (bicyclic) bond motifs is 1. The van der Waals surface area contributed by atoms with Gasteiger partial charge in [0.1, 0.15) is 18.0 Å². The maximum absolute atomic E-state index is 13.5. The van der Waals surface area contributed by atoms with E-state index in [1.54, 1.807) is 4.90 Å². The highest BCUT2D eigenvalue weighted by Crippen LogP contribution is 2.35. The van der Waals surface area contributed by atoms with Crippen molar-refractivity contribution in [2.45, 2.75) is 45.8 Å². The van der Waals surface area contributed by atoms with Crippen LogP contribution in [0.15, 0.2) is 72.9 Å². The van der Waals surface area contributed by atoms with E-state index in [1.165, 1.54) is 0 Å². The van der Waals surface area contributed by atoms with E-state index >= 15 is 0 Å². The molecule has 2 amide bonds. The lowest BCUT2D eigenvalue weighted by atomic mass is 9.99. The summed E-state index contributed by atoms with van der Waals surface area (Å²) in [7, 11) is 0. The van der Waals surface area contributed by atoms with Crippen molar-refractivity contribution in [1.29, 1.82) is 0 Å². The molecule has 172 valence electrons. The summed E-state index contributed by atoms with van der Waals surface area (Å²) in [6.45, 7) is 7.13. The van der Waals surface area contributed by atoms with Crippen LogP contribution in [0, 0.1) is 0 Å². The number of carbonyl (C=O) groups is 2. The van der Waals surface area contributed by atoms with Crippen LogP contribution >= 0.6 is 0 Å². The van der Waals surface area contributed by atoms with Gasteiger partial charge < -0.3 is 19.1 Å². The van der Waals surface area contributed by atoms with Crippen molar-refractivity contribution >= 4 is 11.8 Å². The maximum atomic E-state index is 13.5. The van der Waals surface area contributed by atoms with E-state index in [-0.39, 0.29) is 30.4 Å². The molecule has 0 spiro atoms. The van der Waals surface area contributed by atoms with Crippen molar-refractivity contribution in [3.05, 3.63) is 84.2 Å². The Balaban J connectivity index is 1.65. The third kappa shape index (κ3) is 4.95. The van der Waals surface area contributed by atoms with Gasteiger partial charge in [0.25, 0.3) is 0 Å². The standard InChI is InChI=1S/C27H31N3O3/c1-4-25(31)30(20(2)3)19-26(32)29-17-16-28-15-9-14-24(28)27(29)21-10-8-13-23(18-21)33-22-11-6-5-7-12-22/h5-15,18,20,27H,4,16-17,19H2,1-3H3. The minimum Gasteiger partial charge on any atom is -0.457 e. The molecule has 6 nitrogen and oxygen atoms in total. The molecule has 1 aliphatic rings. The van der Waals surface area contributed by atoms with Gasteiger partial charge in [-0.25, -0.2) is 0 Å². The largest absolute Gasteiger partial charge is 0.457 e. The third-order valence-electron chi connectivity index (χ3n) is 6.06. The molecule has 0 fully saturated rings. The number of hydrogen-bond acceptors (Lipinski definition) is 3. The molecular formula is C27H31N3O3. The Bertz CT molecular complexity index is 1110. The molecule has 3 aromatic rings. The molecule has 6 heteroatoms. The molecule has 0 saturated carbocycles. The highest BCUT2D eigenvalue weighted by Gasteiger charge is 2.33. The average molecular weight is 446 g/mol. The normalized spacial score (nSPS) is 15.3. The Morgan fingerprint density at radius 1 is 1.00 bits per heavy atom. The molecule has 4 rings (SSSR count). The molecule has 0 bridgehead atoms. The number of aromatic nitrogens is 1. The van der Waals surface area contributed by atoms with Gasteiger partial charge in [0.15, 0.2) is 0 Å². The first kappa shape index (κ1) is 22.6. The van der Waals surface area contributed by atoms with Crippen LogP contribution in [-0.4, -0.2) is 45.3 Å². The van der Waals surface area contributed by atoms with Crippen molar-refractivity contribution in [3.8, 4) is 11.5 Å². The van der Waals surface area contributed by atoms with Gasteiger partial charge in [0, 0.05) is 37.4 Å². The summed E-state index contributed by atoms with van der Waals surface area (Å²) in [5.74, 6) is 1.44. The molecule has 0 aliphatic carbocycles. The molecule has 1 aromatic heterocycles. The molecule has 2 aromatic carbocycles. The van der Waals surface area contributed by atoms with Gasteiger partial charge in [-0.05, 0) is 55.8 Å². The van der Waals surface area contributed by atoms with Crippen molar-refractivity contribution in [3.63, 3.8) is 0 Å². The van der Waals surface area contributed by atoms with Crippen molar-refractivity contribution in [2.24, 2.45) is 0 Å². The SMILES string of the molecule is CCC(=O)N(CC(=O)N1CCn2cccc2C1c1cccc(Oc2ccccc2)c1)C(C)C. The zero-order chi connectivity index (χ0) is 23.4. The van der Waals surface area contributed by atoms with Crippen molar-refractivity contribution in [2.75, 3.05) is 13.1 Å². The van der Waals surface area contributed by atoms with E-state index in [2.05, 4.69) is 16.8 Å². The van der Waals surface area contributed by atoms with E-state index in [1.807, 2.05) is 86.3 Å². The predicted molar refractivity (Wildman–Crippen MR) is 128 cm³/mol. The summed E-state index contributed by atoms with van der Waals surface area (Å²) >= 11 is 0. The number of benzene rings is 2. The summed E-state index contributed by atoms with van der Waals surface area (Å²) in [5, 5.41) is 0. The summed E-state index contributed by atoms with van der Waals surface area (Å²) in [5.41, 5.74) is 2.04. The summed E-state index contributed by atoms with van der Waals surface area (Å²) < 4.78 is 8.24. The second kappa shape index (κ2) is 9.94. The van der Waals surface area contributed by atoms with Crippen LogP contribution in [-0.2, 0) is 16.1 Å². The molecule has 33 heavy (non-hydrogen) atoms. The summed E-state index contributed by atoms with van der Waals surface area (Å²) in [4.78, 5) is 29.5. The fourth-order valence-corrected chi connectivity index (χ4v) is 4.37. The minimum atomic E-state index is -0.244. The topological polar surface area (TPSA) is 54.8 Å². The summed E-state index contributed by atoms with van der Waals surface area (Å²) in [6.07, 6.45) is 2.44. The number of carbonyl (C=O) groups excluding carboxylic acids is 2. The zero-order valence-electron chi connectivity index (χ0n) is 19.5. The second-order valence-electron chi connectivity index (χ2n) is 8.57. The zero-order valence-corrected chi connectivity index (χ0v) is 19.5. The molecule has 0 radical (unpaired) electrons. The average Bonchev–Trinajstić information content (AvgIpc) is 3.31. The van der Waals surface area contributed by atoms with Crippen LogP contribution in [0.2, 0.25) is 0 Å². The van der Waals surface area contributed by atoms with E-state index in [0.29, 0.717) is 13.0 Å². The first-order chi connectivity index (χ1) is 16.0. The van der Waals surface area contributed by atoms with Gasteiger partial charge in [-0.3, -0.25) is 9.59 Å². The van der Waals surface area contributed by atoms with E-state index in [4.69, 9.17) is 4.74 Å². The Hall–Kier alpha value is -3.54.